The molecule has 1 aromatic carbocycles. The predicted molar refractivity (Wildman–Crippen MR) is 67.4 cm³/mol. The van der Waals surface area contributed by atoms with Crippen LogP contribution in [0, 0.1) is 0 Å². The van der Waals surface area contributed by atoms with Crippen molar-refractivity contribution in [3.05, 3.63) is 43.8 Å². The third-order valence-corrected chi connectivity index (χ3v) is 3.85. The summed E-state index contributed by atoms with van der Waals surface area (Å²) < 4.78 is 2.69. The van der Waals surface area contributed by atoms with Gasteiger partial charge >= 0.3 is 4.87 Å². The number of halogens is 1. The number of thiazole rings is 1. The molecule has 0 saturated heterocycles. The van der Waals surface area contributed by atoms with Crippen molar-refractivity contribution in [3.63, 3.8) is 0 Å². The summed E-state index contributed by atoms with van der Waals surface area (Å²) in [7, 11) is 0. The van der Waals surface area contributed by atoms with Crippen LogP contribution < -0.4 is 4.87 Å². The molecule has 0 aliphatic carbocycles. The van der Waals surface area contributed by atoms with Gasteiger partial charge in [-0.1, -0.05) is 41.7 Å². The molecule has 4 heteroatoms. The van der Waals surface area contributed by atoms with Crippen molar-refractivity contribution in [2.75, 3.05) is 0 Å². The van der Waals surface area contributed by atoms with E-state index in [2.05, 4.69) is 15.9 Å². The monoisotopic (exact) mass is 283 g/mol. The quantitative estimate of drug-likeness (QED) is 0.828. The maximum Gasteiger partial charge on any atom is 0.308 e. The standard InChI is InChI=1S/C11H10BrNOS/c1-2-13-9(10(12)15-11(13)14)8-6-4-3-5-7-8/h3-7H,2H2,1H3. The summed E-state index contributed by atoms with van der Waals surface area (Å²) >= 11 is 4.68. The van der Waals surface area contributed by atoms with Crippen molar-refractivity contribution in [2.24, 2.45) is 0 Å². The highest BCUT2D eigenvalue weighted by molar-refractivity contribution is 9.11. The molecular formula is C11H10BrNOS. The molecule has 2 nitrogen and oxygen atoms in total. The largest absolute Gasteiger partial charge is 0.308 e. The van der Waals surface area contributed by atoms with Crippen LogP contribution in [0.25, 0.3) is 11.3 Å². The first-order valence-electron chi connectivity index (χ1n) is 4.68. The van der Waals surface area contributed by atoms with E-state index in [1.165, 1.54) is 11.3 Å². The minimum Gasteiger partial charge on any atom is -0.298 e. The van der Waals surface area contributed by atoms with Gasteiger partial charge in [0.15, 0.2) is 0 Å². The van der Waals surface area contributed by atoms with Crippen LogP contribution in [0.2, 0.25) is 0 Å². The molecule has 78 valence electrons. The Morgan fingerprint density at radius 1 is 1.33 bits per heavy atom. The molecular weight excluding hydrogens is 274 g/mol. The summed E-state index contributed by atoms with van der Waals surface area (Å²) in [6.07, 6.45) is 0. The van der Waals surface area contributed by atoms with Gasteiger partial charge in [0, 0.05) is 12.1 Å². The lowest BCUT2D eigenvalue weighted by Crippen LogP contribution is -2.12. The molecule has 0 amide bonds. The SMILES string of the molecule is CCn1c(-c2ccccc2)c(Br)sc1=O. The molecule has 0 bridgehead atoms. The first-order chi connectivity index (χ1) is 7.24. The molecule has 0 radical (unpaired) electrons. The van der Waals surface area contributed by atoms with Gasteiger partial charge in [-0.25, -0.2) is 0 Å². The maximum atomic E-state index is 11.6. The van der Waals surface area contributed by atoms with Crippen molar-refractivity contribution in [1.29, 1.82) is 0 Å². The van der Waals surface area contributed by atoms with Crippen LogP contribution in [0.1, 0.15) is 6.92 Å². The molecule has 1 heterocycles. The zero-order valence-electron chi connectivity index (χ0n) is 8.24. The van der Waals surface area contributed by atoms with Gasteiger partial charge in [0.2, 0.25) is 0 Å². The molecule has 0 fully saturated rings. The van der Waals surface area contributed by atoms with Gasteiger partial charge in [-0.3, -0.25) is 9.36 Å². The Hall–Kier alpha value is -0.870. The Labute approximate surface area is 100 Å². The fraction of sp³-hybridized carbons (Fsp3) is 0.182. The Kier molecular flexibility index (Phi) is 3.07. The summed E-state index contributed by atoms with van der Waals surface area (Å²) in [6, 6.07) is 9.95. The third-order valence-electron chi connectivity index (χ3n) is 2.22. The molecule has 0 unspecified atom stereocenters. The number of hydrogen-bond acceptors (Lipinski definition) is 2. The molecule has 0 aliphatic rings. The predicted octanol–water partition coefficient (Wildman–Crippen LogP) is 3.36. The van der Waals surface area contributed by atoms with Crippen molar-refractivity contribution in [3.8, 4) is 11.3 Å². The topological polar surface area (TPSA) is 22.0 Å². The normalized spacial score (nSPS) is 10.5. The van der Waals surface area contributed by atoms with Crippen molar-refractivity contribution < 1.29 is 0 Å². The summed E-state index contributed by atoms with van der Waals surface area (Å²) in [6.45, 7) is 2.68. The number of nitrogens with zero attached hydrogens (tertiary/aromatic N) is 1. The van der Waals surface area contributed by atoms with Crippen molar-refractivity contribution in [2.45, 2.75) is 13.5 Å². The minimum atomic E-state index is 0.0863. The van der Waals surface area contributed by atoms with E-state index in [0.29, 0.717) is 6.54 Å². The second kappa shape index (κ2) is 4.33. The van der Waals surface area contributed by atoms with Crippen LogP contribution in [0.4, 0.5) is 0 Å². The van der Waals surface area contributed by atoms with E-state index in [9.17, 15) is 4.79 Å². The van der Waals surface area contributed by atoms with Crippen LogP contribution in [0.3, 0.4) is 0 Å². The summed E-state index contributed by atoms with van der Waals surface area (Å²) in [4.78, 5) is 11.7. The van der Waals surface area contributed by atoms with E-state index in [-0.39, 0.29) is 4.87 Å². The second-order valence-corrected chi connectivity index (χ2v) is 5.38. The van der Waals surface area contributed by atoms with Crippen molar-refractivity contribution >= 4 is 27.3 Å². The van der Waals surface area contributed by atoms with Gasteiger partial charge in [-0.2, -0.15) is 0 Å². The highest BCUT2D eigenvalue weighted by Crippen LogP contribution is 2.30. The molecule has 2 rings (SSSR count). The number of benzene rings is 1. The van der Waals surface area contributed by atoms with Crippen molar-refractivity contribution in [1.82, 2.24) is 4.57 Å². The molecule has 0 saturated carbocycles. The third kappa shape index (κ3) is 1.92. The lowest BCUT2D eigenvalue weighted by molar-refractivity contribution is 0.756. The second-order valence-electron chi connectivity index (χ2n) is 3.10. The molecule has 15 heavy (non-hydrogen) atoms. The van der Waals surface area contributed by atoms with Gasteiger partial charge in [-0.05, 0) is 22.9 Å². The number of rotatable bonds is 2. The van der Waals surface area contributed by atoms with E-state index in [0.717, 1.165) is 15.0 Å². The highest BCUT2D eigenvalue weighted by atomic mass is 79.9. The minimum absolute atomic E-state index is 0.0863. The first-order valence-corrected chi connectivity index (χ1v) is 6.29. The fourth-order valence-electron chi connectivity index (χ4n) is 1.53. The molecule has 0 spiro atoms. The summed E-state index contributed by atoms with van der Waals surface area (Å²) in [5, 5.41) is 0. The Morgan fingerprint density at radius 3 is 2.60 bits per heavy atom. The summed E-state index contributed by atoms with van der Waals surface area (Å²) in [5.41, 5.74) is 2.05. The molecule has 0 N–H and O–H groups in total. The molecule has 0 atom stereocenters. The Bertz CT molecular complexity index is 515. The van der Waals surface area contributed by atoms with Gasteiger partial charge in [-0.15, -0.1) is 0 Å². The molecule has 1 aromatic heterocycles. The molecule has 2 aromatic rings. The van der Waals surface area contributed by atoms with Gasteiger partial charge in [0.25, 0.3) is 0 Å². The fourth-order valence-corrected chi connectivity index (χ4v) is 3.20. The van der Waals surface area contributed by atoms with Gasteiger partial charge in [0.1, 0.15) is 0 Å². The Morgan fingerprint density at radius 2 is 2.00 bits per heavy atom. The average Bonchev–Trinajstić information content (AvgIpc) is 2.54. The molecule has 0 aliphatic heterocycles. The average molecular weight is 284 g/mol. The van der Waals surface area contributed by atoms with E-state index in [1.54, 1.807) is 4.57 Å². The summed E-state index contributed by atoms with van der Waals surface area (Å²) in [5.74, 6) is 0. The van der Waals surface area contributed by atoms with Crippen LogP contribution in [0.15, 0.2) is 38.9 Å². The zero-order valence-corrected chi connectivity index (χ0v) is 10.6. The highest BCUT2D eigenvalue weighted by Gasteiger charge is 2.12. The van der Waals surface area contributed by atoms with Gasteiger partial charge < -0.3 is 0 Å². The Balaban J connectivity index is 2.67. The first kappa shape index (κ1) is 10.6. The van der Waals surface area contributed by atoms with E-state index < -0.39 is 0 Å². The van der Waals surface area contributed by atoms with E-state index in [4.69, 9.17) is 0 Å². The van der Waals surface area contributed by atoms with E-state index in [1.807, 2.05) is 37.3 Å². The number of hydrogen-bond donors (Lipinski definition) is 0. The van der Waals surface area contributed by atoms with Crippen LogP contribution >= 0.6 is 27.3 Å². The van der Waals surface area contributed by atoms with Crippen LogP contribution in [-0.2, 0) is 6.54 Å². The van der Waals surface area contributed by atoms with Crippen LogP contribution in [0.5, 0.6) is 0 Å². The van der Waals surface area contributed by atoms with E-state index >= 15 is 0 Å². The van der Waals surface area contributed by atoms with Gasteiger partial charge in [0.05, 0.1) is 9.48 Å². The lowest BCUT2D eigenvalue weighted by Gasteiger charge is -2.05. The maximum absolute atomic E-state index is 11.6. The van der Waals surface area contributed by atoms with Crippen LogP contribution in [-0.4, -0.2) is 4.57 Å². The lowest BCUT2D eigenvalue weighted by atomic mass is 10.2. The zero-order chi connectivity index (χ0) is 10.8. The number of aromatic nitrogens is 1. The smallest absolute Gasteiger partial charge is 0.298 e.